The number of likely N-dealkylation sites (tertiary alicyclic amines) is 1. The van der Waals surface area contributed by atoms with Gasteiger partial charge in [-0.15, -0.1) is 4.91 Å². The van der Waals surface area contributed by atoms with Crippen molar-refractivity contribution >= 4 is 22.7 Å². The first-order valence-electron chi connectivity index (χ1n) is 9.47. The molecule has 1 saturated heterocycles. The van der Waals surface area contributed by atoms with Gasteiger partial charge in [0.1, 0.15) is 17.1 Å². The van der Waals surface area contributed by atoms with E-state index in [1.54, 1.807) is 30.3 Å². The van der Waals surface area contributed by atoms with E-state index in [-0.39, 0.29) is 5.75 Å². The van der Waals surface area contributed by atoms with Crippen molar-refractivity contribution in [1.82, 2.24) is 19.4 Å². The van der Waals surface area contributed by atoms with E-state index in [9.17, 15) is 10.0 Å². The minimum absolute atomic E-state index is 0.141. The number of pyridine rings is 1. The number of imidazole rings is 1. The second-order valence-corrected chi connectivity index (χ2v) is 7.43. The van der Waals surface area contributed by atoms with Crippen LogP contribution in [-0.2, 0) is 6.54 Å². The van der Waals surface area contributed by atoms with Crippen LogP contribution in [0.25, 0.3) is 11.0 Å². The van der Waals surface area contributed by atoms with Crippen LogP contribution in [0.2, 0.25) is 0 Å². The summed E-state index contributed by atoms with van der Waals surface area (Å²) < 4.78 is 1.96. The fourth-order valence-corrected chi connectivity index (χ4v) is 3.64. The summed E-state index contributed by atoms with van der Waals surface area (Å²) in [5.74, 6) is 0.859. The Hall–Kier alpha value is -3.00. The Kier molecular flexibility index (Phi) is 4.95. The number of nitrogens with one attached hydrogen (secondary N) is 1. The third kappa shape index (κ3) is 3.68. The highest BCUT2D eigenvalue weighted by Gasteiger charge is 2.20. The van der Waals surface area contributed by atoms with Gasteiger partial charge >= 0.3 is 0 Å². The molecule has 2 N–H and O–H groups in total. The molecule has 1 aromatic carbocycles. The van der Waals surface area contributed by atoms with Crippen molar-refractivity contribution in [2.24, 2.45) is 5.18 Å². The number of benzene rings is 1. The highest BCUT2D eigenvalue weighted by atomic mass is 16.3. The minimum Gasteiger partial charge on any atom is -0.506 e. The van der Waals surface area contributed by atoms with E-state index in [0.717, 1.165) is 48.6 Å². The number of aromatic nitrogens is 3. The number of nitrogens with zero attached hydrogens (tertiary/aromatic N) is 5. The summed E-state index contributed by atoms with van der Waals surface area (Å²) in [6, 6.07) is 8.94. The summed E-state index contributed by atoms with van der Waals surface area (Å²) in [7, 11) is 2.13. The van der Waals surface area contributed by atoms with Gasteiger partial charge in [-0.3, -0.25) is 4.98 Å². The van der Waals surface area contributed by atoms with Gasteiger partial charge in [-0.1, -0.05) is 0 Å². The summed E-state index contributed by atoms with van der Waals surface area (Å²) in [6.07, 6.45) is 2.07. The van der Waals surface area contributed by atoms with Gasteiger partial charge in [0, 0.05) is 11.7 Å². The number of nitroso groups, excluding NO2 is 1. The lowest BCUT2D eigenvalue weighted by atomic mass is 10.1. The summed E-state index contributed by atoms with van der Waals surface area (Å²) in [4.78, 5) is 22.5. The summed E-state index contributed by atoms with van der Waals surface area (Å²) >= 11 is 0. The van der Waals surface area contributed by atoms with Gasteiger partial charge < -0.3 is 19.9 Å². The van der Waals surface area contributed by atoms with Gasteiger partial charge in [-0.2, -0.15) is 0 Å². The standard InChI is InChI=1S/C20H24N6O2/c1-13-3-6-19(27)17(21-13)12-26-18-11-15(24-28)4-5-16(18)23-20(26)22-14-7-9-25(2)10-8-14/h3-6,11,14,27H,7-10,12H2,1-2H3,(H,22,23). The van der Waals surface area contributed by atoms with Crippen LogP contribution in [0, 0.1) is 11.8 Å². The summed E-state index contributed by atoms with van der Waals surface area (Å²) in [5, 5.41) is 16.9. The van der Waals surface area contributed by atoms with Crippen molar-refractivity contribution in [3.8, 4) is 5.75 Å². The molecule has 8 heteroatoms. The van der Waals surface area contributed by atoms with Crippen LogP contribution < -0.4 is 5.32 Å². The molecule has 28 heavy (non-hydrogen) atoms. The molecule has 1 aliphatic heterocycles. The Labute approximate surface area is 163 Å². The Balaban J connectivity index is 1.74. The van der Waals surface area contributed by atoms with Crippen LogP contribution in [0.4, 0.5) is 11.6 Å². The van der Waals surface area contributed by atoms with Gasteiger partial charge in [0.25, 0.3) is 0 Å². The van der Waals surface area contributed by atoms with Gasteiger partial charge in [-0.05, 0) is 75.4 Å². The van der Waals surface area contributed by atoms with E-state index in [1.807, 2.05) is 11.5 Å². The lowest BCUT2D eigenvalue weighted by Gasteiger charge is -2.29. The van der Waals surface area contributed by atoms with Crippen LogP contribution in [0.5, 0.6) is 5.75 Å². The number of rotatable bonds is 5. The smallest absolute Gasteiger partial charge is 0.204 e. The molecule has 3 heterocycles. The number of aryl methyl sites for hydroxylation is 1. The van der Waals surface area contributed by atoms with Gasteiger partial charge in [-0.25, -0.2) is 4.98 Å². The van der Waals surface area contributed by atoms with E-state index < -0.39 is 0 Å². The van der Waals surface area contributed by atoms with Crippen molar-refractivity contribution in [1.29, 1.82) is 0 Å². The Bertz CT molecular complexity index is 1010. The molecule has 8 nitrogen and oxygen atoms in total. The summed E-state index contributed by atoms with van der Waals surface area (Å²) in [5.41, 5.74) is 3.30. The predicted molar refractivity (Wildman–Crippen MR) is 109 cm³/mol. The van der Waals surface area contributed by atoms with Crippen molar-refractivity contribution in [3.63, 3.8) is 0 Å². The first-order chi connectivity index (χ1) is 13.5. The van der Waals surface area contributed by atoms with Crippen molar-refractivity contribution in [2.75, 3.05) is 25.5 Å². The zero-order chi connectivity index (χ0) is 19.7. The van der Waals surface area contributed by atoms with Crippen LogP contribution in [0.15, 0.2) is 35.5 Å². The fraction of sp³-hybridized carbons (Fsp3) is 0.400. The second-order valence-electron chi connectivity index (χ2n) is 7.43. The molecule has 0 bridgehead atoms. The first-order valence-corrected chi connectivity index (χ1v) is 9.47. The average Bonchev–Trinajstić information content (AvgIpc) is 3.02. The number of fused-ring (bicyclic) bond motifs is 1. The maximum atomic E-state index is 11.0. The summed E-state index contributed by atoms with van der Waals surface area (Å²) in [6.45, 7) is 4.32. The SMILES string of the molecule is Cc1ccc(O)c(Cn2c(NC3CCN(C)CC3)nc3ccc(N=O)cc32)n1. The van der Waals surface area contributed by atoms with Gasteiger partial charge in [0.15, 0.2) is 0 Å². The lowest BCUT2D eigenvalue weighted by molar-refractivity contribution is 0.263. The van der Waals surface area contributed by atoms with E-state index in [0.29, 0.717) is 24.0 Å². The maximum Gasteiger partial charge on any atom is 0.204 e. The Morgan fingerprint density at radius 3 is 2.75 bits per heavy atom. The number of anilines is 1. The fourth-order valence-electron chi connectivity index (χ4n) is 3.64. The molecular formula is C20H24N6O2. The molecule has 1 fully saturated rings. The van der Waals surface area contributed by atoms with Crippen LogP contribution in [-0.4, -0.2) is 50.7 Å². The lowest BCUT2D eigenvalue weighted by Crippen LogP contribution is -2.37. The quantitative estimate of drug-likeness (QED) is 0.659. The Morgan fingerprint density at radius 1 is 1.21 bits per heavy atom. The van der Waals surface area contributed by atoms with Gasteiger partial charge in [0.05, 0.1) is 17.6 Å². The van der Waals surface area contributed by atoms with E-state index in [2.05, 4.69) is 27.4 Å². The highest BCUT2D eigenvalue weighted by Crippen LogP contribution is 2.28. The molecule has 0 unspecified atom stereocenters. The van der Waals surface area contributed by atoms with Crippen LogP contribution in [0.3, 0.4) is 0 Å². The third-order valence-corrected chi connectivity index (χ3v) is 5.29. The van der Waals surface area contributed by atoms with Gasteiger partial charge in [0.2, 0.25) is 5.95 Å². The van der Waals surface area contributed by atoms with Crippen molar-refractivity contribution in [3.05, 3.63) is 46.6 Å². The predicted octanol–water partition coefficient (Wildman–Crippen LogP) is 3.40. The van der Waals surface area contributed by atoms with E-state index in [1.165, 1.54) is 0 Å². The molecule has 0 aliphatic carbocycles. The number of hydrogen-bond acceptors (Lipinski definition) is 7. The van der Waals surface area contributed by atoms with E-state index >= 15 is 0 Å². The average molecular weight is 380 g/mol. The molecule has 0 atom stereocenters. The number of hydrogen-bond donors (Lipinski definition) is 2. The van der Waals surface area contributed by atoms with Crippen molar-refractivity contribution in [2.45, 2.75) is 32.4 Å². The second kappa shape index (κ2) is 7.55. The molecule has 0 radical (unpaired) electrons. The van der Waals surface area contributed by atoms with Crippen LogP contribution in [0.1, 0.15) is 24.2 Å². The molecular weight excluding hydrogens is 356 g/mol. The molecule has 0 spiro atoms. The molecule has 4 rings (SSSR count). The van der Waals surface area contributed by atoms with E-state index in [4.69, 9.17) is 4.98 Å². The highest BCUT2D eigenvalue weighted by molar-refractivity contribution is 5.82. The minimum atomic E-state index is 0.141. The third-order valence-electron chi connectivity index (χ3n) is 5.29. The first kappa shape index (κ1) is 18.4. The largest absolute Gasteiger partial charge is 0.506 e. The van der Waals surface area contributed by atoms with Crippen LogP contribution >= 0.6 is 0 Å². The maximum absolute atomic E-state index is 11.0. The molecule has 3 aromatic rings. The normalized spacial score (nSPS) is 15.8. The molecule has 1 aliphatic rings. The molecule has 146 valence electrons. The number of piperidine rings is 1. The van der Waals surface area contributed by atoms with Crippen molar-refractivity contribution < 1.29 is 5.11 Å². The monoisotopic (exact) mass is 380 g/mol. The topological polar surface area (TPSA) is 95.6 Å². The molecule has 2 aromatic heterocycles. The zero-order valence-corrected chi connectivity index (χ0v) is 16.1. The molecule has 0 amide bonds. The molecule has 0 saturated carbocycles. The zero-order valence-electron chi connectivity index (χ0n) is 16.1. The number of aromatic hydroxyl groups is 1. The Morgan fingerprint density at radius 2 is 2.00 bits per heavy atom.